The van der Waals surface area contributed by atoms with Crippen LogP contribution in [0.15, 0.2) is 24.4 Å². The van der Waals surface area contributed by atoms with Gasteiger partial charge in [0.2, 0.25) is 11.9 Å². The van der Waals surface area contributed by atoms with Crippen LogP contribution < -0.4 is 19.7 Å². The number of aromatic nitrogens is 3. The number of ether oxygens (including phenoxy) is 2. The third-order valence-corrected chi connectivity index (χ3v) is 4.74. The number of benzene rings is 1. The molecule has 0 radical (unpaired) electrons. The number of nitrogens with zero attached hydrogens (tertiary/aromatic N) is 5. The summed E-state index contributed by atoms with van der Waals surface area (Å²) in [5, 5.41) is 11.3. The molecule has 0 bridgehead atoms. The van der Waals surface area contributed by atoms with Gasteiger partial charge in [-0.15, -0.1) is 5.10 Å². The molecule has 1 fully saturated rings. The van der Waals surface area contributed by atoms with Crippen molar-refractivity contribution in [3.8, 4) is 11.5 Å². The Labute approximate surface area is 164 Å². The Balaban J connectivity index is 1.55. The van der Waals surface area contributed by atoms with Gasteiger partial charge in [-0.2, -0.15) is 10.1 Å². The molecule has 2 aromatic rings. The molecule has 1 N–H and O–H groups in total. The molecular formula is C19H26N6O3. The van der Waals surface area contributed by atoms with Crippen molar-refractivity contribution in [3.63, 3.8) is 0 Å². The topological polar surface area (TPSA) is 92.7 Å². The van der Waals surface area contributed by atoms with E-state index in [9.17, 15) is 4.79 Å². The normalized spacial score (nSPS) is 14.0. The maximum Gasteiger partial charge on any atom is 0.244 e. The lowest BCUT2D eigenvalue weighted by Gasteiger charge is -2.34. The van der Waals surface area contributed by atoms with Gasteiger partial charge in [-0.1, -0.05) is 6.07 Å². The smallest absolute Gasteiger partial charge is 0.244 e. The molecule has 2 heterocycles. The van der Waals surface area contributed by atoms with Gasteiger partial charge in [-0.25, -0.2) is 0 Å². The van der Waals surface area contributed by atoms with E-state index in [0.717, 1.165) is 30.9 Å². The lowest BCUT2D eigenvalue weighted by molar-refractivity contribution is -0.129. The third kappa shape index (κ3) is 4.79. The molecule has 1 aliphatic rings. The minimum absolute atomic E-state index is 0.109. The molecule has 0 saturated carbocycles. The summed E-state index contributed by atoms with van der Waals surface area (Å²) in [6.45, 7) is 5.14. The molecule has 150 valence electrons. The fourth-order valence-electron chi connectivity index (χ4n) is 3.13. The van der Waals surface area contributed by atoms with Crippen molar-refractivity contribution in [1.29, 1.82) is 0 Å². The zero-order valence-corrected chi connectivity index (χ0v) is 16.5. The van der Waals surface area contributed by atoms with E-state index in [-0.39, 0.29) is 5.91 Å². The third-order valence-electron chi connectivity index (χ3n) is 4.74. The van der Waals surface area contributed by atoms with Crippen molar-refractivity contribution in [3.05, 3.63) is 30.0 Å². The molecular weight excluding hydrogens is 360 g/mol. The maximum absolute atomic E-state index is 11.5. The van der Waals surface area contributed by atoms with Crippen LogP contribution in [0.25, 0.3) is 0 Å². The predicted octanol–water partition coefficient (Wildman–Crippen LogP) is 1.21. The summed E-state index contributed by atoms with van der Waals surface area (Å²) in [4.78, 5) is 20.0. The summed E-state index contributed by atoms with van der Waals surface area (Å²) in [5.41, 5.74) is 1.12. The highest BCUT2D eigenvalue weighted by atomic mass is 16.5. The number of hydrogen-bond acceptors (Lipinski definition) is 8. The van der Waals surface area contributed by atoms with Gasteiger partial charge in [0.25, 0.3) is 0 Å². The summed E-state index contributed by atoms with van der Waals surface area (Å²) < 4.78 is 10.6. The number of hydrogen-bond donors (Lipinski definition) is 1. The average molecular weight is 386 g/mol. The molecule has 1 aliphatic heterocycles. The van der Waals surface area contributed by atoms with Gasteiger partial charge < -0.3 is 24.6 Å². The highest BCUT2D eigenvalue weighted by Gasteiger charge is 2.20. The van der Waals surface area contributed by atoms with Gasteiger partial charge in [-0.3, -0.25) is 4.79 Å². The second kappa shape index (κ2) is 9.20. The molecule has 0 aliphatic carbocycles. The molecule has 28 heavy (non-hydrogen) atoms. The summed E-state index contributed by atoms with van der Waals surface area (Å²) in [6.07, 6.45) is 2.44. The van der Waals surface area contributed by atoms with Crippen molar-refractivity contribution in [2.45, 2.75) is 13.3 Å². The Morgan fingerprint density at radius 1 is 1.14 bits per heavy atom. The number of carbonyl (C=O) groups is 1. The number of anilines is 2. The summed E-state index contributed by atoms with van der Waals surface area (Å²) >= 11 is 0. The lowest BCUT2D eigenvalue weighted by atomic mass is 10.1. The van der Waals surface area contributed by atoms with Crippen molar-refractivity contribution in [2.75, 3.05) is 57.2 Å². The van der Waals surface area contributed by atoms with Crippen LogP contribution in [0.5, 0.6) is 11.5 Å². The van der Waals surface area contributed by atoms with E-state index < -0.39 is 0 Å². The highest BCUT2D eigenvalue weighted by Crippen LogP contribution is 2.27. The molecule has 9 nitrogen and oxygen atoms in total. The Morgan fingerprint density at radius 3 is 2.57 bits per heavy atom. The second-order valence-electron chi connectivity index (χ2n) is 6.50. The Kier molecular flexibility index (Phi) is 6.46. The Morgan fingerprint density at radius 2 is 1.89 bits per heavy atom. The molecule has 1 amide bonds. The minimum Gasteiger partial charge on any atom is -0.493 e. The van der Waals surface area contributed by atoms with E-state index in [1.165, 1.54) is 0 Å². The van der Waals surface area contributed by atoms with Crippen LogP contribution in [0.1, 0.15) is 12.5 Å². The van der Waals surface area contributed by atoms with Gasteiger partial charge in [0.15, 0.2) is 17.3 Å². The largest absolute Gasteiger partial charge is 0.493 e. The van der Waals surface area contributed by atoms with Gasteiger partial charge in [-0.05, 0) is 24.1 Å². The molecule has 1 aromatic carbocycles. The summed E-state index contributed by atoms with van der Waals surface area (Å²) in [5.74, 6) is 2.80. The van der Waals surface area contributed by atoms with Crippen LogP contribution in [0.3, 0.4) is 0 Å². The fraction of sp³-hybridized carbons (Fsp3) is 0.474. The zero-order chi connectivity index (χ0) is 19.9. The SMILES string of the molecule is COc1ccc(CCNc2nncc(N3CCN(C(C)=O)CC3)n2)cc1OC. The molecule has 3 rings (SSSR count). The van der Waals surface area contributed by atoms with E-state index in [1.54, 1.807) is 27.3 Å². The van der Waals surface area contributed by atoms with Crippen LogP contribution in [0, 0.1) is 0 Å². The first-order chi connectivity index (χ1) is 13.6. The van der Waals surface area contributed by atoms with E-state index in [4.69, 9.17) is 9.47 Å². The van der Waals surface area contributed by atoms with Crippen LogP contribution in [0.4, 0.5) is 11.8 Å². The van der Waals surface area contributed by atoms with Gasteiger partial charge >= 0.3 is 0 Å². The summed E-state index contributed by atoms with van der Waals surface area (Å²) in [7, 11) is 3.25. The monoisotopic (exact) mass is 386 g/mol. The first-order valence-corrected chi connectivity index (χ1v) is 9.25. The van der Waals surface area contributed by atoms with Crippen LogP contribution in [-0.2, 0) is 11.2 Å². The first kappa shape index (κ1) is 19.7. The molecule has 1 saturated heterocycles. The van der Waals surface area contributed by atoms with Crippen LogP contribution >= 0.6 is 0 Å². The average Bonchev–Trinajstić information content (AvgIpc) is 2.74. The quantitative estimate of drug-likeness (QED) is 0.759. The number of piperazine rings is 1. The highest BCUT2D eigenvalue weighted by molar-refractivity contribution is 5.73. The van der Waals surface area contributed by atoms with Crippen molar-refractivity contribution >= 4 is 17.7 Å². The zero-order valence-electron chi connectivity index (χ0n) is 16.5. The van der Waals surface area contributed by atoms with Crippen molar-refractivity contribution in [2.24, 2.45) is 0 Å². The molecule has 0 spiro atoms. The molecule has 1 aromatic heterocycles. The van der Waals surface area contributed by atoms with Crippen LogP contribution in [-0.4, -0.2) is 72.9 Å². The Bertz CT molecular complexity index is 808. The molecule has 9 heteroatoms. The van der Waals surface area contributed by atoms with Crippen LogP contribution in [0.2, 0.25) is 0 Å². The van der Waals surface area contributed by atoms with E-state index in [1.807, 2.05) is 23.1 Å². The number of methoxy groups -OCH3 is 2. The van der Waals surface area contributed by atoms with Gasteiger partial charge in [0, 0.05) is 39.6 Å². The second-order valence-corrected chi connectivity index (χ2v) is 6.50. The number of nitrogens with one attached hydrogen (secondary N) is 1. The standard InChI is InChI=1S/C19H26N6O3/c1-14(26)24-8-10-25(11-9-24)18-13-21-23-19(22-18)20-7-6-15-4-5-16(27-2)17(12-15)28-3/h4-5,12-13H,6-11H2,1-3H3,(H,20,22,23). The predicted molar refractivity (Wildman–Crippen MR) is 106 cm³/mol. The Hall–Kier alpha value is -3.10. The first-order valence-electron chi connectivity index (χ1n) is 9.25. The number of carbonyl (C=O) groups excluding carboxylic acids is 1. The lowest BCUT2D eigenvalue weighted by Crippen LogP contribution is -2.48. The summed E-state index contributed by atoms with van der Waals surface area (Å²) in [6, 6.07) is 5.87. The van der Waals surface area contributed by atoms with E-state index >= 15 is 0 Å². The van der Waals surface area contributed by atoms with Crippen molar-refractivity contribution < 1.29 is 14.3 Å². The number of amides is 1. The van der Waals surface area contributed by atoms with E-state index in [0.29, 0.717) is 37.1 Å². The molecule has 0 atom stereocenters. The maximum atomic E-state index is 11.5. The van der Waals surface area contributed by atoms with E-state index in [2.05, 4.69) is 25.4 Å². The van der Waals surface area contributed by atoms with Crippen molar-refractivity contribution in [1.82, 2.24) is 20.1 Å². The molecule has 0 unspecified atom stereocenters. The van der Waals surface area contributed by atoms with Gasteiger partial charge in [0.1, 0.15) is 0 Å². The van der Waals surface area contributed by atoms with Gasteiger partial charge in [0.05, 0.1) is 20.4 Å². The number of rotatable bonds is 7. The fourth-order valence-corrected chi connectivity index (χ4v) is 3.13. The minimum atomic E-state index is 0.109.